The van der Waals surface area contributed by atoms with Crippen LogP contribution in [0, 0.1) is 0 Å². The van der Waals surface area contributed by atoms with E-state index < -0.39 is 33.5 Å². The van der Waals surface area contributed by atoms with E-state index in [9.17, 15) is 26.4 Å². The van der Waals surface area contributed by atoms with Crippen molar-refractivity contribution in [3.63, 3.8) is 0 Å². The Hall–Kier alpha value is -4.27. The van der Waals surface area contributed by atoms with Crippen LogP contribution in [-0.4, -0.2) is 36.6 Å². The molecule has 5 rings (SSSR count). The quantitative estimate of drug-likeness (QED) is 0.151. The van der Waals surface area contributed by atoms with Gasteiger partial charge >= 0.3 is 6.36 Å². The molecule has 3 aromatic carbocycles. The lowest BCUT2D eigenvalue weighted by Crippen LogP contribution is -2.22. The lowest BCUT2D eigenvalue weighted by molar-refractivity contribution is -0.274. The lowest BCUT2D eigenvalue weighted by atomic mass is 9.78. The number of ether oxygens (including phenoxy) is 2. The Labute approximate surface area is 278 Å². The van der Waals surface area contributed by atoms with Gasteiger partial charge in [-0.2, -0.15) is 5.10 Å². The number of aromatic nitrogens is 2. The van der Waals surface area contributed by atoms with Gasteiger partial charge in [-0.15, -0.1) is 24.5 Å². The molecule has 0 saturated heterocycles. The number of anilines is 2. The average Bonchev–Trinajstić information content (AvgIpc) is 3.57. The Morgan fingerprint density at radius 3 is 2.34 bits per heavy atom. The number of nitrogens with one attached hydrogen (secondary N) is 2. The number of thiophene rings is 1. The third-order valence-corrected chi connectivity index (χ3v) is 9.74. The standard InChI is InChI=1S/C32H30ClF3N4O5S2/c1-18(2)44-25-12-21(13-26(15-25)45-32(34,35)36)31(3,4)20-10-22(33)14-24(11-20)38-30(41)29-9-19-8-23(6-7-28(19)46-29)39-47(42,43)27-16-37-40(5)17-27/h6-18,39H,1-5H3,(H,38,41). The number of nitrogens with zero attached hydrogens (tertiary/aromatic N) is 2. The highest BCUT2D eigenvalue weighted by Gasteiger charge is 2.33. The average molecular weight is 707 g/mol. The molecule has 5 aromatic rings. The monoisotopic (exact) mass is 706 g/mol. The lowest BCUT2D eigenvalue weighted by Gasteiger charge is -2.28. The Morgan fingerprint density at radius 2 is 1.68 bits per heavy atom. The van der Waals surface area contributed by atoms with Gasteiger partial charge < -0.3 is 14.8 Å². The van der Waals surface area contributed by atoms with Gasteiger partial charge in [0.1, 0.15) is 16.4 Å². The van der Waals surface area contributed by atoms with Crippen LogP contribution in [0.15, 0.2) is 78.0 Å². The van der Waals surface area contributed by atoms with Crippen LogP contribution in [0.1, 0.15) is 48.5 Å². The predicted octanol–water partition coefficient (Wildman–Crippen LogP) is 8.35. The SMILES string of the molecule is CC(C)Oc1cc(OC(F)(F)F)cc(C(C)(C)c2cc(Cl)cc(NC(=O)c3cc4cc(NS(=O)(=O)c5cnn(C)c5)ccc4s3)c2)c1. The number of carbonyl (C=O) groups is 1. The van der Waals surface area contributed by atoms with E-state index in [1.807, 2.05) is 13.8 Å². The van der Waals surface area contributed by atoms with Gasteiger partial charge in [-0.3, -0.25) is 14.2 Å². The minimum absolute atomic E-state index is 0.0150. The number of hydrogen-bond donors (Lipinski definition) is 2. The number of alkyl halides is 3. The third-order valence-electron chi connectivity index (χ3n) is 7.07. The summed E-state index contributed by atoms with van der Waals surface area (Å²) in [5, 5.41) is 7.70. The molecule has 2 N–H and O–H groups in total. The number of benzene rings is 3. The highest BCUT2D eigenvalue weighted by molar-refractivity contribution is 7.92. The molecule has 0 bridgehead atoms. The van der Waals surface area contributed by atoms with Crippen LogP contribution in [0.2, 0.25) is 5.02 Å². The van der Waals surface area contributed by atoms with Crippen molar-refractivity contribution in [2.75, 3.05) is 10.0 Å². The molecule has 9 nitrogen and oxygen atoms in total. The van der Waals surface area contributed by atoms with Gasteiger partial charge in [-0.1, -0.05) is 25.4 Å². The van der Waals surface area contributed by atoms with Gasteiger partial charge in [0, 0.05) is 45.8 Å². The molecule has 15 heteroatoms. The molecule has 0 spiro atoms. The van der Waals surface area contributed by atoms with E-state index in [-0.39, 0.29) is 16.7 Å². The van der Waals surface area contributed by atoms with Crippen molar-refractivity contribution >= 4 is 60.3 Å². The maximum Gasteiger partial charge on any atom is 0.573 e. The second kappa shape index (κ2) is 12.7. The second-order valence-corrected chi connectivity index (χ2v) is 14.7. The molecule has 248 valence electrons. The molecule has 0 aliphatic heterocycles. The summed E-state index contributed by atoms with van der Waals surface area (Å²) >= 11 is 7.68. The molecule has 0 radical (unpaired) electrons. The van der Waals surface area contributed by atoms with Gasteiger partial charge in [0.2, 0.25) is 0 Å². The summed E-state index contributed by atoms with van der Waals surface area (Å²) in [7, 11) is -2.24. The van der Waals surface area contributed by atoms with Gasteiger partial charge in [-0.05, 0) is 85.0 Å². The third kappa shape index (κ3) is 8.18. The summed E-state index contributed by atoms with van der Waals surface area (Å²) in [5.41, 5.74) is 0.867. The van der Waals surface area contributed by atoms with Crippen LogP contribution in [0.4, 0.5) is 24.5 Å². The molecule has 0 atom stereocenters. The van der Waals surface area contributed by atoms with Crippen LogP contribution in [0.3, 0.4) is 0 Å². The molecular formula is C32H30ClF3N4O5S2. The first-order chi connectivity index (χ1) is 21.9. The van der Waals surface area contributed by atoms with E-state index in [4.69, 9.17) is 16.3 Å². The number of hydrogen-bond acceptors (Lipinski definition) is 7. The molecule has 1 amide bonds. The zero-order chi connectivity index (χ0) is 34.3. The summed E-state index contributed by atoms with van der Waals surface area (Å²) < 4.78 is 79.4. The van der Waals surface area contributed by atoms with E-state index >= 15 is 0 Å². The van der Waals surface area contributed by atoms with Gasteiger partial charge in [0.05, 0.1) is 17.2 Å². The maximum absolute atomic E-state index is 13.3. The molecule has 0 aliphatic rings. The fraction of sp³-hybridized carbons (Fsp3) is 0.250. The number of amides is 1. The van der Waals surface area contributed by atoms with E-state index in [1.54, 1.807) is 69.4 Å². The number of fused-ring (bicyclic) bond motifs is 1. The molecule has 0 aliphatic carbocycles. The first kappa shape index (κ1) is 34.1. The summed E-state index contributed by atoms with van der Waals surface area (Å²) in [6.45, 7) is 7.13. The highest BCUT2D eigenvalue weighted by Crippen LogP contribution is 2.40. The van der Waals surface area contributed by atoms with E-state index in [2.05, 4.69) is 19.9 Å². The van der Waals surface area contributed by atoms with Crippen molar-refractivity contribution in [1.82, 2.24) is 9.78 Å². The summed E-state index contributed by atoms with van der Waals surface area (Å²) in [6.07, 6.45) is -2.56. The smallest absolute Gasteiger partial charge is 0.491 e. The Kier molecular flexibility index (Phi) is 9.23. The van der Waals surface area contributed by atoms with Crippen molar-refractivity contribution < 1.29 is 35.9 Å². The maximum atomic E-state index is 13.3. The van der Waals surface area contributed by atoms with Gasteiger partial charge in [0.15, 0.2) is 0 Å². The van der Waals surface area contributed by atoms with Gasteiger partial charge in [0.25, 0.3) is 15.9 Å². The first-order valence-corrected chi connectivity index (χ1v) is 16.8. The highest BCUT2D eigenvalue weighted by atomic mass is 35.5. The van der Waals surface area contributed by atoms with Crippen molar-refractivity contribution in [2.45, 2.75) is 50.5 Å². The second-order valence-electron chi connectivity index (χ2n) is 11.5. The Balaban J connectivity index is 1.39. The number of carbonyl (C=O) groups excluding carboxylic acids is 1. The van der Waals surface area contributed by atoms with Crippen molar-refractivity contribution in [1.29, 1.82) is 0 Å². The first-order valence-electron chi connectivity index (χ1n) is 14.1. The minimum atomic E-state index is -4.90. The van der Waals surface area contributed by atoms with Crippen molar-refractivity contribution in [2.24, 2.45) is 7.05 Å². The van der Waals surface area contributed by atoms with Gasteiger partial charge in [-0.25, -0.2) is 8.42 Å². The Bertz CT molecular complexity index is 2070. The van der Waals surface area contributed by atoms with E-state index in [0.29, 0.717) is 37.8 Å². The molecular weight excluding hydrogens is 677 g/mol. The molecule has 0 unspecified atom stereocenters. The summed E-state index contributed by atoms with van der Waals surface area (Å²) in [5.74, 6) is -0.645. The molecule has 2 aromatic heterocycles. The number of rotatable bonds is 10. The fourth-order valence-electron chi connectivity index (χ4n) is 4.82. The fourth-order valence-corrected chi connectivity index (χ4v) is 7.02. The van der Waals surface area contributed by atoms with Crippen LogP contribution in [-0.2, 0) is 22.5 Å². The zero-order valence-corrected chi connectivity index (χ0v) is 28.2. The topological polar surface area (TPSA) is 112 Å². The largest absolute Gasteiger partial charge is 0.573 e. The Morgan fingerprint density at radius 1 is 0.979 bits per heavy atom. The normalized spacial score (nSPS) is 12.4. The van der Waals surface area contributed by atoms with Crippen molar-refractivity contribution in [3.8, 4) is 11.5 Å². The van der Waals surface area contributed by atoms with Crippen LogP contribution in [0.5, 0.6) is 11.5 Å². The van der Waals surface area contributed by atoms with Crippen LogP contribution >= 0.6 is 22.9 Å². The number of aryl methyl sites for hydroxylation is 1. The van der Waals surface area contributed by atoms with Crippen LogP contribution in [0.25, 0.3) is 10.1 Å². The molecule has 0 fully saturated rings. The zero-order valence-electron chi connectivity index (χ0n) is 25.8. The summed E-state index contributed by atoms with van der Waals surface area (Å²) in [4.78, 5) is 13.7. The summed E-state index contributed by atoms with van der Waals surface area (Å²) in [6, 6.07) is 15.6. The minimum Gasteiger partial charge on any atom is -0.491 e. The van der Waals surface area contributed by atoms with E-state index in [1.165, 1.54) is 40.5 Å². The molecule has 0 saturated carbocycles. The van der Waals surface area contributed by atoms with E-state index in [0.717, 1.165) is 4.70 Å². The molecule has 2 heterocycles. The number of halogens is 4. The predicted molar refractivity (Wildman–Crippen MR) is 176 cm³/mol. The molecule has 47 heavy (non-hydrogen) atoms. The van der Waals surface area contributed by atoms with Crippen molar-refractivity contribution in [3.05, 3.63) is 94.1 Å². The van der Waals surface area contributed by atoms with Crippen LogP contribution < -0.4 is 19.5 Å². The number of sulfonamides is 1.